The lowest BCUT2D eigenvalue weighted by molar-refractivity contribution is -0.162. The number of carbonyl (C=O) groups is 2. The van der Waals surface area contributed by atoms with Crippen LogP contribution in [0.3, 0.4) is 0 Å². The smallest absolute Gasteiger partial charge is 0.422 e. The molecule has 0 radical (unpaired) electrons. The van der Waals surface area contributed by atoms with Gasteiger partial charge in [-0.15, -0.1) is 0 Å². The molecule has 0 spiro atoms. The number of nitrogens with one attached hydrogen (secondary N) is 1. The first-order chi connectivity index (χ1) is 13.8. The van der Waals surface area contributed by atoms with E-state index >= 15 is 0 Å². The lowest BCUT2D eigenvalue weighted by Gasteiger charge is -2.31. The molecule has 0 unspecified atom stereocenters. The van der Waals surface area contributed by atoms with E-state index in [0.717, 1.165) is 18.8 Å². The van der Waals surface area contributed by atoms with E-state index < -0.39 is 18.9 Å². The summed E-state index contributed by atoms with van der Waals surface area (Å²) in [5.41, 5.74) is 1.86. The molecule has 2 fully saturated rings. The number of benzene rings is 1. The van der Waals surface area contributed by atoms with Crippen molar-refractivity contribution in [1.29, 1.82) is 0 Å². The molecule has 1 N–H and O–H groups in total. The second kappa shape index (κ2) is 9.37. The molecule has 2 aliphatic heterocycles. The van der Waals surface area contributed by atoms with Crippen LogP contribution in [-0.4, -0.2) is 55.9 Å². The van der Waals surface area contributed by atoms with Crippen LogP contribution in [0.2, 0.25) is 0 Å². The Labute approximate surface area is 168 Å². The number of amides is 2. The van der Waals surface area contributed by atoms with Crippen LogP contribution in [0, 0.1) is 5.92 Å². The predicted octanol–water partition coefficient (Wildman–Crippen LogP) is 4.03. The third-order valence-corrected chi connectivity index (χ3v) is 5.34. The van der Waals surface area contributed by atoms with Gasteiger partial charge in [0, 0.05) is 43.5 Å². The molecular formula is C20H26F3N3O3. The number of likely N-dealkylation sites (tertiary alicyclic amines) is 1. The van der Waals surface area contributed by atoms with E-state index in [9.17, 15) is 22.8 Å². The minimum Gasteiger partial charge on any atom is -0.440 e. The first kappa shape index (κ1) is 21.3. The van der Waals surface area contributed by atoms with Crippen molar-refractivity contribution in [3.05, 3.63) is 24.3 Å². The lowest BCUT2D eigenvalue weighted by Crippen LogP contribution is -2.42. The summed E-state index contributed by atoms with van der Waals surface area (Å²) in [5, 5.41) is 2.89. The van der Waals surface area contributed by atoms with Crippen LogP contribution < -0.4 is 10.2 Å². The lowest BCUT2D eigenvalue weighted by atomic mass is 9.96. The molecule has 3 rings (SSSR count). The van der Waals surface area contributed by atoms with Gasteiger partial charge in [-0.1, -0.05) is 0 Å². The summed E-state index contributed by atoms with van der Waals surface area (Å²) < 4.78 is 40.7. The summed E-state index contributed by atoms with van der Waals surface area (Å²) in [7, 11) is 0. The number of halogens is 3. The van der Waals surface area contributed by atoms with Gasteiger partial charge in [0.2, 0.25) is 5.91 Å². The molecule has 9 heteroatoms. The molecule has 2 heterocycles. The third-order valence-electron chi connectivity index (χ3n) is 5.34. The number of anilines is 2. The average Bonchev–Trinajstić information content (AvgIpc) is 2.73. The number of ether oxygens (including phenoxy) is 1. The van der Waals surface area contributed by atoms with Gasteiger partial charge in [0.05, 0.1) is 0 Å². The van der Waals surface area contributed by atoms with Crippen LogP contribution in [0.4, 0.5) is 29.3 Å². The summed E-state index contributed by atoms with van der Waals surface area (Å²) in [6.45, 7) is 0.899. The fourth-order valence-electron chi connectivity index (χ4n) is 3.71. The molecule has 160 valence electrons. The predicted molar refractivity (Wildman–Crippen MR) is 103 cm³/mol. The zero-order valence-electron chi connectivity index (χ0n) is 16.2. The first-order valence-corrected chi connectivity index (χ1v) is 9.96. The molecule has 0 saturated carbocycles. The first-order valence-electron chi connectivity index (χ1n) is 9.96. The van der Waals surface area contributed by atoms with E-state index in [1.807, 2.05) is 24.3 Å². The second-order valence-corrected chi connectivity index (χ2v) is 7.51. The van der Waals surface area contributed by atoms with Gasteiger partial charge >= 0.3 is 12.3 Å². The van der Waals surface area contributed by atoms with Gasteiger partial charge in [-0.2, -0.15) is 13.2 Å². The summed E-state index contributed by atoms with van der Waals surface area (Å²) in [6, 6.07) is 7.76. The zero-order valence-corrected chi connectivity index (χ0v) is 16.2. The van der Waals surface area contributed by atoms with Crippen molar-refractivity contribution in [1.82, 2.24) is 4.90 Å². The largest absolute Gasteiger partial charge is 0.440 e. The Balaban J connectivity index is 1.44. The Morgan fingerprint density at radius 2 is 1.62 bits per heavy atom. The summed E-state index contributed by atoms with van der Waals surface area (Å²) in [4.78, 5) is 27.7. The van der Waals surface area contributed by atoms with E-state index in [0.29, 0.717) is 18.5 Å². The highest BCUT2D eigenvalue weighted by molar-refractivity contribution is 5.92. The SMILES string of the molecule is O=C(Nc1ccc(N2CCCCC2)cc1)C1CCN(C(=O)OCC(F)(F)F)CC1. The molecule has 1 aromatic carbocycles. The van der Waals surface area contributed by atoms with Crippen molar-refractivity contribution < 1.29 is 27.5 Å². The third kappa shape index (κ3) is 6.27. The maximum atomic E-state index is 12.5. The van der Waals surface area contributed by atoms with Gasteiger partial charge in [-0.3, -0.25) is 4.79 Å². The molecular weight excluding hydrogens is 387 g/mol. The van der Waals surface area contributed by atoms with Crippen molar-refractivity contribution in [2.24, 2.45) is 5.92 Å². The Hall–Kier alpha value is -2.45. The molecule has 29 heavy (non-hydrogen) atoms. The molecule has 2 saturated heterocycles. The maximum absolute atomic E-state index is 12.5. The number of carbonyl (C=O) groups excluding carboxylic acids is 2. The van der Waals surface area contributed by atoms with Crippen LogP contribution in [0.25, 0.3) is 0 Å². The Morgan fingerprint density at radius 1 is 1.00 bits per heavy atom. The van der Waals surface area contributed by atoms with Crippen molar-refractivity contribution in [2.75, 3.05) is 43.0 Å². The molecule has 1 aromatic rings. The van der Waals surface area contributed by atoms with E-state index in [1.165, 1.54) is 24.2 Å². The molecule has 0 aromatic heterocycles. The monoisotopic (exact) mass is 413 g/mol. The van der Waals surface area contributed by atoms with Crippen molar-refractivity contribution in [2.45, 2.75) is 38.3 Å². The number of rotatable bonds is 4. The standard InChI is InChI=1S/C20H26F3N3O3/c21-20(22,23)14-29-19(28)26-12-8-15(9-13-26)18(27)24-16-4-6-17(7-5-16)25-10-2-1-3-11-25/h4-7,15H,1-3,8-14H2,(H,24,27). The number of hydrogen-bond donors (Lipinski definition) is 1. The zero-order chi connectivity index (χ0) is 20.9. The van der Waals surface area contributed by atoms with Gasteiger partial charge in [-0.25, -0.2) is 4.79 Å². The summed E-state index contributed by atoms with van der Waals surface area (Å²) >= 11 is 0. The van der Waals surface area contributed by atoms with Gasteiger partial charge in [0.25, 0.3) is 0 Å². The van der Waals surface area contributed by atoms with E-state index in [1.54, 1.807) is 0 Å². The molecule has 0 bridgehead atoms. The fraction of sp³-hybridized carbons (Fsp3) is 0.600. The van der Waals surface area contributed by atoms with Gasteiger partial charge in [0.1, 0.15) is 0 Å². The highest BCUT2D eigenvalue weighted by Crippen LogP contribution is 2.24. The van der Waals surface area contributed by atoms with Gasteiger partial charge in [0.15, 0.2) is 6.61 Å². The molecule has 0 atom stereocenters. The Morgan fingerprint density at radius 3 is 2.21 bits per heavy atom. The topological polar surface area (TPSA) is 61.9 Å². The quantitative estimate of drug-likeness (QED) is 0.810. The minimum absolute atomic E-state index is 0.140. The van der Waals surface area contributed by atoms with Crippen LogP contribution in [0.15, 0.2) is 24.3 Å². The molecule has 2 amide bonds. The van der Waals surface area contributed by atoms with E-state index in [4.69, 9.17) is 0 Å². The number of piperidine rings is 2. The number of hydrogen-bond acceptors (Lipinski definition) is 4. The number of alkyl halides is 3. The minimum atomic E-state index is -4.54. The van der Waals surface area contributed by atoms with Crippen LogP contribution in [0.5, 0.6) is 0 Å². The fourth-order valence-corrected chi connectivity index (χ4v) is 3.71. The van der Waals surface area contributed by atoms with Crippen molar-refractivity contribution >= 4 is 23.4 Å². The summed E-state index contributed by atoms with van der Waals surface area (Å²) in [6.07, 6.45) is -1.10. The second-order valence-electron chi connectivity index (χ2n) is 7.51. The highest BCUT2D eigenvalue weighted by Gasteiger charge is 2.33. The van der Waals surface area contributed by atoms with Crippen LogP contribution >= 0.6 is 0 Å². The summed E-state index contributed by atoms with van der Waals surface area (Å²) in [5.74, 6) is -0.428. The van der Waals surface area contributed by atoms with E-state index in [-0.39, 0.29) is 24.9 Å². The van der Waals surface area contributed by atoms with Crippen LogP contribution in [0.1, 0.15) is 32.1 Å². The highest BCUT2D eigenvalue weighted by atomic mass is 19.4. The molecule has 0 aliphatic carbocycles. The van der Waals surface area contributed by atoms with Crippen LogP contribution in [-0.2, 0) is 9.53 Å². The van der Waals surface area contributed by atoms with E-state index in [2.05, 4.69) is 15.0 Å². The van der Waals surface area contributed by atoms with Crippen molar-refractivity contribution in [3.63, 3.8) is 0 Å². The Kier molecular flexibility index (Phi) is 6.87. The number of nitrogens with zero attached hydrogens (tertiary/aromatic N) is 2. The maximum Gasteiger partial charge on any atom is 0.422 e. The normalized spacial score (nSPS) is 18.4. The molecule has 6 nitrogen and oxygen atoms in total. The average molecular weight is 413 g/mol. The van der Waals surface area contributed by atoms with Gasteiger partial charge < -0.3 is 19.9 Å². The Bertz CT molecular complexity index is 695. The van der Waals surface area contributed by atoms with Crippen molar-refractivity contribution in [3.8, 4) is 0 Å². The van der Waals surface area contributed by atoms with Gasteiger partial charge in [-0.05, 0) is 56.4 Å². The molecule has 2 aliphatic rings.